The minimum atomic E-state index is 0.0444. The average molecular weight is 294 g/mol. The Balaban J connectivity index is 1.69. The summed E-state index contributed by atoms with van der Waals surface area (Å²) in [6, 6.07) is 1.80. The zero-order chi connectivity index (χ0) is 14.1. The molecule has 20 heavy (non-hydrogen) atoms. The molecule has 0 aromatic carbocycles. The Labute approximate surface area is 124 Å². The lowest BCUT2D eigenvalue weighted by atomic mass is 10.0. The van der Waals surface area contributed by atoms with Gasteiger partial charge in [0.05, 0.1) is 17.9 Å². The molecule has 110 valence electrons. The predicted molar refractivity (Wildman–Crippen MR) is 78.8 cm³/mol. The van der Waals surface area contributed by atoms with Crippen LogP contribution in [0, 0.1) is 0 Å². The molecule has 0 spiro atoms. The molecule has 6 heteroatoms. The number of piperidine rings is 1. The molecule has 3 atom stereocenters. The highest BCUT2D eigenvalue weighted by atomic mass is 32.1. The van der Waals surface area contributed by atoms with Gasteiger partial charge in [0.15, 0.2) is 5.69 Å². The first-order valence-corrected chi connectivity index (χ1v) is 8.24. The number of aromatic nitrogens is 2. The highest BCUT2D eigenvalue weighted by Crippen LogP contribution is 2.30. The number of amides is 1. The van der Waals surface area contributed by atoms with Crippen molar-refractivity contribution >= 4 is 17.6 Å². The van der Waals surface area contributed by atoms with E-state index >= 15 is 0 Å². The zero-order valence-electron chi connectivity index (χ0n) is 12.2. The highest BCUT2D eigenvalue weighted by molar-refractivity contribution is 6.99. The third-order valence-electron chi connectivity index (χ3n) is 4.71. The van der Waals surface area contributed by atoms with E-state index in [-0.39, 0.29) is 5.91 Å². The summed E-state index contributed by atoms with van der Waals surface area (Å²) < 4.78 is 8.00. The van der Waals surface area contributed by atoms with Gasteiger partial charge < -0.3 is 4.90 Å². The standard InChI is InChI=1S/C14H22N4OS/c1-10-5-6-11(2)18(10)12-4-3-7-17(9-12)14(19)13-8-15-20-16-13/h8,10-12H,3-7,9H2,1-2H3/t10-,11-,12+/m1/s1. The molecule has 0 bridgehead atoms. The minimum absolute atomic E-state index is 0.0444. The van der Waals surface area contributed by atoms with Crippen LogP contribution in [-0.4, -0.2) is 55.7 Å². The van der Waals surface area contributed by atoms with Gasteiger partial charge in [-0.2, -0.15) is 8.75 Å². The lowest BCUT2D eigenvalue weighted by Crippen LogP contribution is -2.52. The van der Waals surface area contributed by atoms with Crippen LogP contribution in [0.4, 0.5) is 0 Å². The van der Waals surface area contributed by atoms with Crippen LogP contribution in [0.25, 0.3) is 0 Å². The fourth-order valence-corrected chi connectivity index (χ4v) is 4.15. The molecular weight excluding hydrogens is 272 g/mol. The van der Waals surface area contributed by atoms with Crippen molar-refractivity contribution in [3.63, 3.8) is 0 Å². The third kappa shape index (κ3) is 2.59. The molecule has 3 rings (SSSR count). The van der Waals surface area contributed by atoms with Crippen LogP contribution in [0.1, 0.15) is 50.0 Å². The van der Waals surface area contributed by atoms with Crippen LogP contribution < -0.4 is 0 Å². The van der Waals surface area contributed by atoms with Gasteiger partial charge in [-0.1, -0.05) is 0 Å². The second-order valence-corrected chi connectivity index (χ2v) is 6.62. The van der Waals surface area contributed by atoms with Crippen molar-refractivity contribution in [2.45, 2.75) is 57.7 Å². The molecule has 0 saturated carbocycles. The minimum Gasteiger partial charge on any atom is -0.336 e. The Morgan fingerprint density at radius 1 is 1.30 bits per heavy atom. The van der Waals surface area contributed by atoms with Gasteiger partial charge in [-0.15, -0.1) is 0 Å². The number of likely N-dealkylation sites (tertiary alicyclic amines) is 2. The average Bonchev–Trinajstić information content (AvgIpc) is 3.09. The van der Waals surface area contributed by atoms with Crippen molar-refractivity contribution in [2.75, 3.05) is 13.1 Å². The molecule has 2 aliphatic rings. The molecule has 3 heterocycles. The first kappa shape index (κ1) is 13.9. The van der Waals surface area contributed by atoms with E-state index in [1.54, 1.807) is 6.20 Å². The summed E-state index contributed by atoms with van der Waals surface area (Å²) in [4.78, 5) is 17.0. The predicted octanol–water partition coefficient (Wildman–Crippen LogP) is 2.02. The molecule has 0 aliphatic carbocycles. The Bertz CT molecular complexity index is 454. The third-order valence-corrected chi connectivity index (χ3v) is 5.18. The van der Waals surface area contributed by atoms with Gasteiger partial charge in [-0.3, -0.25) is 9.69 Å². The number of rotatable bonds is 2. The summed E-state index contributed by atoms with van der Waals surface area (Å²) in [5.74, 6) is 0.0444. The summed E-state index contributed by atoms with van der Waals surface area (Å²) in [6.07, 6.45) is 6.43. The quantitative estimate of drug-likeness (QED) is 0.837. The van der Waals surface area contributed by atoms with Crippen molar-refractivity contribution in [3.8, 4) is 0 Å². The van der Waals surface area contributed by atoms with Gasteiger partial charge >= 0.3 is 0 Å². The SMILES string of the molecule is C[C@@H]1CC[C@@H](C)N1[C@H]1CCCN(C(=O)c2cnsn2)C1. The number of hydrogen-bond donors (Lipinski definition) is 0. The van der Waals surface area contributed by atoms with E-state index in [1.807, 2.05) is 4.90 Å². The van der Waals surface area contributed by atoms with Crippen LogP contribution >= 0.6 is 11.7 Å². The van der Waals surface area contributed by atoms with Gasteiger partial charge in [-0.25, -0.2) is 0 Å². The van der Waals surface area contributed by atoms with Crippen molar-refractivity contribution < 1.29 is 4.79 Å². The van der Waals surface area contributed by atoms with Crippen molar-refractivity contribution in [1.29, 1.82) is 0 Å². The van der Waals surface area contributed by atoms with Gasteiger partial charge in [0.25, 0.3) is 5.91 Å². The summed E-state index contributed by atoms with van der Waals surface area (Å²) in [5, 5.41) is 0. The van der Waals surface area contributed by atoms with E-state index < -0.39 is 0 Å². The molecule has 0 radical (unpaired) electrons. The summed E-state index contributed by atoms with van der Waals surface area (Å²) in [5.41, 5.74) is 0.498. The normalized spacial score (nSPS) is 31.7. The van der Waals surface area contributed by atoms with E-state index in [0.717, 1.165) is 31.2 Å². The van der Waals surface area contributed by atoms with Gasteiger partial charge in [0.2, 0.25) is 0 Å². The second kappa shape index (κ2) is 5.77. The molecule has 1 aromatic heterocycles. The lowest BCUT2D eigenvalue weighted by molar-refractivity contribution is 0.0483. The molecule has 0 N–H and O–H groups in total. The Hall–Kier alpha value is -1.01. The molecule has 5 nitrogen and oxygen atoms in total. The van der Waals surface area contributed by atoms with Crippen molar-refractivity contribution in [2.24, 2.45) is 0 Å². The first-order chi connectivity index (χ1) is 9.66. The van der Waals surface area contributed by atoms with Gasteiger partial charge in [-0.05, 0) is 39.5 Å². The Kier molecular flexibility index (Phi) is 4.03. The monoisotopic (exact) mass is 294 g/mol. The van der Waals surface area contributed by atoms with Crippen LogP contribution in [0.3, 0.4) is 0 Å². The van der Waals surface area contributed by atoms with Gasteiger partial charge in [0, 0.05) is 31.2 Å². The maximum absolute atomic E-state index is 12.4. The van der Waals surface area contributed by atoms with Crippen molar-refractivity contribution in [1.82, 2.24) is 18.5 Å². The van der Waals surface area contributed by atoms with Crippen LogP contribution in [0.2, 0.25) is 0 Å². The fraction of sp³-hybridized carbons (Fsp3) is 0.786. The zero-order valence-corrected chi connectivity index (χ0v) is 13.0. The summed E-state index contributed by atoms with van der Waals surface area (Å²) >= 11 is 1.10. The van der Waals surface area contributed by atoms with Crippen molar-refractivity contribution in [3.05, 3.63) is 11.9 Å². The van der Waals surface area contributed by atoms with E-state index in [9.17, 15) is 4.79 Å². The number of carbonyl (C=O) groups is 1. The maximum atomic E-state index is 12.4. The van der Waals surface area contributed by atoms with E-state index in [2.05, 4.69) is 27.5 Å². The van der Waals surface area contributed by atoms with E-state index in [4.69, 9.17) is 0 Å². The first-order valence-electron chi connectivity index (χ1n) is 7.51. The molecule has 0 unspecified atom stereocenters. The number of hydrogen-bond acceptors (Lipinski definition) is 5. The molecule has 2 fully saturated rings. The Morgan fingerprint density at radius 2 is 2.05 bits per heavy atom. The maximum Gasteiger partial charge on any atom is 0.275 e. The van der Waals surface area contributed by atoms with Crippen LogP contribution in [0.15, 0.2) is 6.20 Å². The molecule has 2 saturated heterocycles. The lowest BCUT2D eigenvalue weighted by Gasteiger charge is -2.41. The molecule has 2 aliphatic heterocycles. The topological polar surface area (TPSA) is 49.3 Å². The summed E-state index contributed by atoms with van der Waals surface area (Å²) in [6.45, 7) is 6.32. The smallest absolute Gasteiger partial charge is 0.275 e. The van der Waals surface area contributed by atoms with Crippen LogP contribution in [-0.2, 0) is 0 Å². The van der Waals surface area contributed by atoms with E-state index in [0.29, 0.717) is 23.8 Å². The second-order valence-electron chi connectivity index (χ2n) is 6.06. The largest absolute Gasteiger partial charge is 0.336 e. The molecule has 1 aromatic rings. The fourth-order valence-electron chi connectivity index (χ4n) is 3.74. The number of carbonyl (C=O) groups excluding carboxylic acids is 1. The summed E-state index contributed by atoms with van der Waals surface area (Å²) in [7, 11) is 0. The number of nitrogens with zero attached hydrogens (tertiary/aromatic N) is 4. The molecular formula is C14H22N4OS. The van der Waals surface area contributed by atoms with Crippen LogP contribution in [0.5, 0.6) is 0 Å². The van der Waals surface area contributed by atoms with Gasteiger partial charge in [0.1, 0.15) is 0 Å². The van der Waals surface area contributed by atoms with E-state index in [1.165, 1.54) is 19.3 Å². The molecule has 1 amide bonds. The highest BCUT2D eigenvalue weighted by Gasteiger charge is 2.36. The Morgan fingerprint density at radius 3 is 2.70 bits per heavy atom.